The van der Waals surface area contributed by atoms with Crippen molar-refractivity contribution in [1.29, 1.82) is 0 Å². The van der Waals surface area contributed by atoms with Crippen LogP contribution in [0.5, 0.6) is 0 Å². The predicted molar refractivity (Wildman–Crippen MR) is 70.6 cm³/mol. The van der Waals surface area contributed by atoms with E-state index in [-0.39, 0.29) is 17.5 Å². The van der Waals surface area contributed by atoms with Gasteiger partial charge in [0.25, 0.3) is 5.69 Å². The molecule has 0 heterocycles. The number of nitrogens with zero attached hydrogens (tertiary/aromatic N) is 1. The topological polar surface area (TPSA) is 89.3 Å². The summed E-state index contributed by atoms with van der Waals surface area (Å²) >= 11 is 0. The Kier molecular flexibility index (Phi) is 4.28. The van der Waals surface area contributed by atoms with Crippen LogP contribution in [0.4, 0.5) is 11.4 Å². The number of sulfone groups is 1. The molecule has 1 aromatic carbocycles. The van der Waals surface area contributed by atoms with E-state index in [0.717, 1.165) is 11.8 Å². The maximum Gasteiger partial charge on any atom is 0.271 e. The number of non-ortho nitro benzene ring substituents is 1. The molecule has 0 radical (unpaired) electrons. The Balaban J connectivity index is 2.88. The van der Waals surface area contributed by atoms with Crippen molar-refractivity contribution < 1.29 is 13.3 Å². The second kappa shape index (κ2) is 5.34. The minimum atomic E-state index is -3.08. The average Bonchev–Trinajstić information content (AvgIpc) is 2.12. The quantitative estimate of drug-likeness (QED) is 0.651. The van der Waals surface area contributed by atoms with Crippen molar-refractivity contribution in [3.8, 4) is 0 Å². The molecule has 0 aromatic heterocycles. The lowest BCUT2D eigenvalue weighted by atomic mass is 10.2. The molecule has 0 aliphatic carbocycles. The van der Waals surface area contributed by atoms with E-state index < -0.39 is 14.8 Å². The highest BCUT2D eigenvalue weighted by Crippen LogP contribution is 2.21. The van der Waals surface area contributed by atoms with Crippen molar-refractivity contribution in [2.45, 2.75) is 19.9 Å². The first kappa shape index (κ1) is 14.4. The lowest BCUT2D eigenvalue weighted by Crippen LogP contribution is -2.25. The SMILES string of the molecule is Cc1cc(NC(C)CS(C)(=O)=O)cc([N+](=O)[O-])c1. The Morgan fingerprint density at radius 1 is 1.39 bits per heavy atom. The summed E-state index contributed by atoms with van der Waals surface area (Å²) in [4.78, 5) is 10.2. The van der Waals surface area contributed by atoms with Gasteiger partial charge in [-0.3, -0.25) is 10.1 Å². The molecule has 0 amide bonds. The monoisotopic (exact) mass is 272 g/mol. The Morgan fingerprint density at radius 2 is 2.00 bits per heavy atom. The third-order valence-electron chi connectivity index (χ3n) is 2.24. The summed E-state index contributed by atoms with van der Waals surface area (Å²) in [6, 6.07) is 4.30. The van der Waals surface area contributed by atoms with Crippen molar-refractivity contribution in [2.75, 3.05) is 17.3 Å². The van der Waals surface area contributed by atoms with Crippen LogP contribution in [0.2, 0.25) is 0 Å². The summed E-state index contributed by atoms with van der Waals surface area (Å²) in [5, 5.41) is 13.7. The molecule has 0 saturated heterocycles. The molecule has 0 fully saturated rings. The summed E-state index contributed by atoms with van der Waals surface area (Å²) in [6.45, 7) is 3.47. The highest BCUT2D eigenvalue weighted by Gasteiger charge is 2.13. The zero-order chi connectivity index (χ0) is 13.9. The van der Waals surface area contributed by atoms with Gasteiger partial charge in [0.1, 0.15) is 9.84 Å². The minimum absolute atomic E-state index is 0.0101. The van der Waals surface area contributed by atoms with E-state index in [1.807, 2.05) is 0 Å². The number of benzene rings is 1. The highest BCUT2D eigenvalue weighted by molar-refractivity contribution is 7.90. The van der Waals surface area contributed by atoms with Crippen molar-refractivity contribution in [2.24, 2.45) is 0 Å². The van der Waals surface area contributed by atoms with Crippen LogP contribution in [-0.4, -0.2) is 31.4 Å². The fourth-order valence-electron chi connectivity index (χ4n) is 1.73. The molecule has 0 aliphatic rings. The first-order chi connectivity index (χ1) is 8.17. The van der Waals surface area contributed by atoms with Gasteiger partial charge in [-0.15, -0.1) is 0 Å². The van der Waals surface area contributed by atoms with Crippen LogP contribution in [0.3, 0.4) is 0 Å². The fourth-order valence-corrected chi connectivity index (χ4v) is 2.72. The van der Waals surface area contributed by atoms with Crippen LogP contribution >= 0.6 is 0 Å². The standard InChI is InChI=1S/C11H16N2O4S/c1-8-4-10(6-11(5-8)13(14)15)12-9(2)7-18(3,16)17/h4-6,9,12H,7H2,1-3H3. The molecule has 0 bridgehead atoms. The Hall–Kier alpha value is -1.63. The Bertz CT molecular complexity index is 554. The summed E-state index contributed by atoms with van der Waals surface area (Å²) in [5.41, 5.74) is 1.29. The molecule has 1 unspecified atom stereocenters. The molecule has 18 heavy (non-hydrogen) atoms. The molecule has 0 aliphatic heterocycles. The number of hydrogen-bond donors (Lipinski definition) is 1. The number of nitro groups is 1. The maximum atomic E-state index is 11.1. The van der Waals surface area contributed by atoms with Gasteiger partial charge in [0.2, 0.25) is 0 Å². The fraction of sp³-hybridized carbons (Fsp3) is 0.455. The number of aryl methyl sites for hydroxylation is 1. The Labute approximate surface area is 106 Å². The molecule has 7 heteroatoms. The molecular weight excluding hydrogens is 256 g/mol. The van der Waals surface area contributed by atoms with Gasteiger partial charge in [0.15, 0.2) is 0 Å². The third kappa shape index (κ3) is 4.70. The highest BCUT2D eigenvalue weighted by atomic mass is 32.2. The van der Waals surface area contributed by atoms with E-state index in [9.17, 15) is 18.5 Å². The average molecular weight is 272 g/mol. The number of hydrogen-bond acceptors (Lipinski definition) is 5. The number of rotatable bonds is 5. The molecule has 6 nitrogen and oxygen atoms in total. The van der Waals surface area contributed by atoms with Gasteiger partial charge in [-0.25, -0.2) is 8.42 Å². The predicted octanol–water partition coefficient (Wildman–Crippen LogP) is 1.75. The van der Waals surface area contributed by atoms with Crippen molar-refractivity contribution in [3.05, 3.63) is 33.9 Å². The molecule has 1 atom stereocenters. The van der Waals surface area contributed by atoms with Gasteiger partial charge in [-0.05, 0) is 25.5 Å². The summed E-state index contributed by atoms with van der Waals surface area (Å²) < 4.78 is 22.3. The van der Waals surface area contributed by atoms with Crippen LogP contribution < -0.4 is 5.32 Å². The second-order valence-electron chi connectivity index (χ2n) is 4.45. The van der Waals surface area contributed by atoms with Gasteiger partial charge < -0.3 is 5.32 Å². The smallest absolute Gasteiger partial charge is 0.271 e. The number of anilines is 1. The zero-order valence-electron chi connectivity index (χ0n) is 10.5. The van der Waals surface area contributed by atoms with Crippen molar-refractivity contribution in [1.82, 2.24) is 0 Å². The van der Waals surface area contributed by atoms with Gasteiger partial charge in [0, 0.05) is 30.1 Å². The van der Waals surface area contributed by atoms with E-state index >= 15 is 0 Å². The second-order valence-corrected chi connectivity index (χ2v) is 6.64. The van der Waals surface area contributed by atoms with E-state index in [1.54, 1.807) is 19.9 Å². The van der Waals surface area contributed by atoms with Gasteiger partial charge >= 0.3 is 0 Å². The molecule has 0 spiro atoms. The van der Waals surface area contributed by atoms with E-state index in [0.29, 0.717) is 5.69 Å². The molecule has 0 saturated carbocycles. The van der Waals surface area contributed by atoms with Crippen molar-refractivity contribution >= 4 is 21.2 Å². The molecule has 100 valence electrons. The number of nitro benzene ring substituents is 1. The first-order valence-corrected chi connectivity index (χ1v) is 7.44. The van der Waals surface area contributed by atoms with Gasteiger partial charge in [0.05, 0.1) is 10.7 Å². The normalized spacial score (nSPS) is 13.1. The van der Waals surface area contributed by atoms with Crippen LogP contribution in [0.15, 0.2) is 18.2 Å². The summed E-state index contributed by atoms with van der Waals surface area (Å²) in [5.74, 6) is -0.0191. The van der Waals surface area contributed by atoms with Crippen LogP contribution in [-0.2, 0) is 9.84 Å². The first-order valence-electron chi connectivity index (χ1n) is 5.38. The summed E-state index contributed by atoms with van der Waals surface area (Å²) in [7, 11) is -3.08. The van der Waals surface area contributed by atoms with E-state index in [1.165, 1.54) is 12.1 Å². The maximum absolute atomic E-state index is 11.1. The van der Waals surface area contributed by atoms with Gasteiger partial charge in [-0.1, -0.05) is 0 Å². The molecule has 1 aromatic rings. The lowest BCUT2D eigenvalue weighted by molar-refractivity contribution is -0.384. The van der Waals surface area contributed by atoms with Crippen molar-refractivity contribution in [3.63, 3.8) is 0 Å². The summed E-state index contributed by atoms with van der Waals surface area (Å²) in [6.07, 6.45) is 1.16. The lowest BCUT2D eigenvalue weighted by Gasteiger charge is -2.14. The zero-order valence-corrected chi connectivity index (χ0v) is 11.3. The van der Waals surface area contributed by atoms with Crippen LogP contribution in [0.1, 0.15) is 12.5 Å². The largest absolute Gasteiger partial charge is 0.381 e. The van der Waals surface area contributed by atoms with Crippen LogP contribution in [0, 0.1) is 17.0 Å². The van der Waals surface area contributed by atoms with E-state index in [4.69, 9.17) is 0 Å². The van der Waals surface area contributed by atoms with E-state index in [2.05, 4.69) is 5.32 Å². The van der Waals surface area contributed by atoms with Crippen LogP contribution in [0.25, 0.3) is 0 Å². The van der Waals surface area contributed by atoms with Gasteiger partial charge in [-0.2, -0.15) is 0 Å². The molecule has 1 rings (SSSR count). The third-order valence-corrected chi connectivity index (χ3v) is 3.34. The minimum Gasteiger partial charge on any atom is -0.381 e. The molecule has 1 N–H and O–H groups in total. The Morgan fingerprint density at radius 3 is 2.50 bits per heavy atom. The molecular formula is C11H16N2O4S. The number of nitrogens with one attached hydrogen (secondary N) is 1.